The number of likely N-dealkylation sites (tertiary alicyclic amines) is 1. The van der Waals surface area contributed by atoms with Gasteiger partial charge >= 0.3 is 0 Å². The highest BCUT2D eigenvalue weighted by Crippen LogP contribution is 2.67. The summed E-state index contributed by atoms with van der Waals surface area (Å²) in [5, 5.41) is 22.3. The Kier molecular flexibility index (Phi) is 3.85. The Bertz CT molecular complexity index is 656. The number of hydrogen-bond acceptors (Lipinski definition) is 5. The molecule has 0 aromatic carbocycles. The van der Waals surface area contributed by atoms with Crippen LogP contribution in [0.2, 0.25) is 0 Å². The number of hydrogen-bond donors (Lipinski definition) is 2. The van der Waals surface area contributed by atoms with Gasteiger partial charge in [0.05, 0.1) is 11.0 Å². The summed E-state index contributed by atoms with van der Waals surface area (Å²) in [6, 6.07) is -0.0317. The van der Waals surface area contributed by atoms with Crippen molar-refractivity contribution < 1.29 is 19.7 Å². The zero-order valence-electron chi connectivity index (χ0n) is 14.7. The zero-order chi connectivity index (χ0) is 17.8. The molecule has 3 fully saturated rings. The third-order valence-corrected chi connectivity index (χ3v) is 7.01. The number of carbonyl (C=O) groups is 1. The summed E-state index contributed by atoms with van der Waals surface area (Å²) in [6.45, 7) is 7.46. The molecule has 2 N–H and O–H groups in total. The molecule has 0 aromatic rings. The lowest BCUT2D eigenvalue weighted by Gasteiger charge is -2.64. The standard InChI is InChI=1S/C20H27NO4/c1-3-7-20(24)15-11-13-5-6-14(23)18-17(13)19(20,16(12-22)25-18)8-10-21(15)9-4-2/h4-6,12-13,15-17,23-24H,2-3,7-11H2,1H3/t13?,15-,16+,17?,19-,20-/m1/s1. The second kappa shape index (κ2) is 5.71. The number of fused-ring (bicyclic) bond motifs is 1. The van der Waals surface area contributed by atoms with Gasteiger partial charge in [-0.15, -0.1) is 6.58 Å². The summed E-state index contributed by atoms with van der Waals surface area (Å²) in [5.41, 5.74) is -1.67. The molecule has 0 aromatic heterocycles. The molecule has 25 heavy (non-hydrogen) atoms. The maximum Gasteiger partial charge on any atom is 0.162 e. The fourth-order valence-electron chi connectivity index (χ4n) is 6.19. The van der Waals surface area contributed by atoms with Crippen molar-refractivity contribution >= 4 is 6.29 Å². The Balaban J connectivity index is 1.90. The number of rotatable bonds is 5. The zero-order valence-corrected chi connectivity index (χ0v) is 14.7. The van der Waals surface area contributed by atoms with Crippen LogP contribution in [0.5, 0.6) is 0 Å². The topological polar surface area (TPSA) is 70.0 Å². The molecule has 2 saturated heterocycles. The third-order valence-electron chi connectivity index (χ3n) is 7.01. The van der Waals surface area contributed by atoms with Crippen LogP contribution in [0.4, 0.5) is 0 Å². The van der Waals surface area contributed by atoms with Crippen molar-refractivity contribution in [2.45, 2.75) is 50.4 Å². The van der Waals surface area contributed by atoms with Crippen molar-refractivity contribution in [3.05, 3.63) is 36.3 Å². The average Bonchev–Trinajstić information content (AvgIpc) is 2.93. The molecule has 5 heteroatoms. The molecule has 5 nitrogen and oxygen atoms in total. The number of ether oxygens (including phenoxy) is 1. The molecule has 0 amide bonds. The minimum atomic E-state index is -1.01. The largest absolute Gasteiger partial charge is 0.504 e. The van der Waals surface area contributed by atoms with Crippen LogP contribution >= 0.6 is 0 Å². The number of carbonyl (C=O) groups excluding carboxylic acids is 1. The molecule has 1 spiro atoms. The van der Waals surface area contributed by atoms with Gasteiger partial charge in [0, 0.05) is 18.5 Å². The van der Waals surface area contributed by atoms with E-state index in [0.717, 1.165) is 32.2 Å². The van der Waals surface area contributed by atoms with Gasteiger partial charge in [0.15, 0.2) is 18.1 Å². The van der Waals surface area contributed by atoms with Crippen LogP contribution in [0.3, 0.4) is 0 Å². The first-order chi connectivity index (χ1) is 12.0. The monoisotopic (exact) mass is 345 g/mol. The summed E-state index contributed by atoms with van der Waals surface area (Å²) >= 11 is 0. The summed E-state index contributed by atoms with van der Waals surface area (Å²) < 4.78 is 5.97. The van der Waals surface area contributed by atoms with Gasteiger partial charge in [-0.1, -0.05) is 25.5 Å². The lowest BCUT2D eigenvalue weighted by atomic mass is 9.46. The Hall–Kier alpha value is -1.59. The van der Waals surface area contributed by atoms with Crippen LogP contribution in [0.15, 0.2) is 36.3 Å². The number of piperidine rings is 1. The molecule has 0 radical (unpaired) electrons. The van der Waals surface area contributed by atoms with E-state index < -0.39 is 17.1 Å². The van der Waals surface area contributed by atoms with Crippen molar-refractivity contribution in [3.63, 3.8) is 0 Å². The molecule has 2 unspecified atom stereocenters. The maximum atomic E-state index is 12.0. The van der Waals surface area contributed by atoms with E-state index in [9.17, 15) is 15.0 Å². The Morgan fingerprint density at radius 2 is 2.32 bits per heavy atom. The molecular formula is C20H27NO4. The van der Waals surface area contributed by atoms with E-state index in [0.29, 0.717) is 18.6 Å². The minimum absolute atomic E-state index is 0.0317. The average molecular weight is 345 g/mol. The van der Waals surface area contributed by atoms with E-state index in [-0.39, 0.29) is 23.6 Å². The smallest absolute Gasteiger partial charge is 0.162 e. The molecule has 1 saturated carbocycles. The van der Waals surface area contributed by atoms with E-state index in [1.807, 2.05) is 12.2 Å². The van der Waals surface area contributed by atoms with Crippen LogP contribution in [0.25, 0.3) is 0 Å². The quantitative estimate of drug-likeness (QED) is 0.591. The van der Waals surface area contributed by atoms with Crippen LogP contribution in [-0.4, -0.2) is 52.2 Å². The molecular weight excluding hydrogens is 318 g/mol. The Morgan fingerprint density at radius 3 is 3.00 bits per heavy atom. The fourth-order valence-corrected chi connectivity index (χ4v) is 6.19. The Labute approximate surface area is 148 Å². The van der Waals surface area contributed by atoms with Crippen molar-refractivity contribution in [2.24, 2.45) is 17.3 Å². The number of aldehydes is 1. The number of aliphatic hydroxyl groups is 2. The number of aliphatic hydroxyl groups excluding tert-OH is 1. The molecule has 136 valence electrons. The van der Waals surface area contributed by atoms with Crippen molar-refractivity contribution in [3.8, 4) is 0 Å². The van der Waals surface area contributed by atoms with Crippen molar-refractivity contribution in [1.29, 1.82) is 0 Å². The lowest BCUT2D eigenvalue weighted by molar-refractivity contribution is -0.230. The van der Waals surface area contributed by atoms with E-state index in [1.165, 1.54) is 0 Å². The first kappa shape index (κ1) is 16.9. The van der Waals surface area contributed by atoms with Gasteiger partial charge in [0.25, 0.3) is 0 Å². The molecule has 4 rings (SSSR count). The summed E-state index contributed by atoms with van der Waals surface area (Å²) in [4.78, 5) is 14.3. The summed E-state index contributed by atoms with van der Waals surface area (Å²) in [5.74, 6) is 0.669. The van der Waals surface area contributed by atoms with E-state index in [4.69, 9.17) is 4.74 Å². The lowest BCUT2D eigenvalue weighted by Crippen LogP contribution is -2.74. The Morgan fingerprint density at radius 1 is 1.52 bits per heavy atom. The van der Waals surface area contributed by atoms with Crippen LogP contribution < -0.4 is 0 Å². The summed E-state index contributed by atoms with van der Waals surface area (Å²) in [7, 11) is 0. The highest BCUT2D eigenvalue weighted by molar-refractivity contribution is 5.62. The van der Waals surface area contributed by atoms with Gasteiger partial charge < -0.3 is 14.9 Å². The predicted octanol–water partition coefficient (Wildman–Crippen LogP) is 2.34. The van der Waals surface area contributed by atoms with Crippen LogP contribution in [0.1, 0.15) is 32.6 Å². The van der Waals surface area contributed by atoms with Crippen LogP contribution in [-0.2, 0) is 9.53 Å². The number of allylic oxidation sites excluding steroid dienone is 3. The van der Waals surface area contributed by atoms with Gasteiger partial charge in [-0.05, 0) is 37.8 Å². The summed E-state index contributed by atoms with van der Waals surface area (Å²) in [6.07, 6.45) is 8.68. The van der Waals surface area contributed by atoms with E-state index in [2.05, 4.69) is 18.4 Å². The van der Waals surface area contributed by atoms with Crippen LogP contribution in [0, 0.1) is 17.3 Å². The normalized spacial score (nSPS) is 45.0. The predicted molar refractivity (Wildman–Crippen MR) is 93.8 cm³/mol. The molecule has 2 heterocycles. The molecule has 2 bridgehead atoms. The molecule has 2 aliphatic carbocycles. The first-order valence-electron chi connectivity index (χ1n) is 9.34. The van der Waals surface area contributed by atoms with Gasteiger partial charge in [-0.2, -0.15) is 0 Å². The second-order valence-electron chi connectivity index (χ2n) is 7.92. The van der Waals surface area contributed by atoms with Gasteiger partial charge in [-0.25, -0.2) is 0 Å². The fraction of sp³-hybridized carbons (Fsp3) is 0.650. The molecule has 4 aliphatic rings. The van der Waals surface area contributed by atoms with Crippen molar-refractivity contribution in [1.82, 2.24) is 4.90 Å². The molecule has 2 aliphatic heterocycles. The van der Waals surface area contributed by atoms with E-state index >= 15 is 0 Å². The molecule has 6 atom stereocenters. The highest BCUT2D eigenvalue weighted by atomic mass is 16.5. The van der Waals surface area contributed by atoms with E-state index in [1.54, 1.807) is 6.08 Å². The highest BCUT2D eigenvalue weighted by Gasteiger charge is 2.74. The maximum absolute atomic E-state index is 12.0. The minimum Gasteiger partial charge on any atom is -0.504 e. The SMILES string of the molecule is C=CCN1CC[C@@]23C4C(=C(O)C=CC4C[C@@H]1[C@]2(O)CCC)O[C@H]3C=O. The van der Waals surface area contributed by atoms with Gasteiger partial charge in [0.2, 0.25) is 0 Å². The van der Waals surface area contributed by atoms with Gasteiger partial charge in [-0.3, -0.25) is 9.69 Å². The second-order valence-corrected chi connectivity index (χ2v) is 7.92. The van der Waals surface area contributed by atoms with Crippen molar-refractivity contribution in [2.75, 3.05) is 13.1 Å². The van der Waals surface area contributed by atoms with Gasteiger partial charge in [0.1, 0.15) is 5.76 Å². The third kappa shape index (κ3) is 1.94. The first-order valence-corrected chi connectivity index (χ1v) is 9.34. The number of nitrogens with zero attached hydrogens (tertiary/aromatic N) is 1.